The van der Waals surface area contributed by atoms with Crippen molar-refractivity contribution in [3.05, 3.63) is 53.1 Å². The highest BCUT2D eigenvalue weighted by Crippen LogP contribution is 2.40. The second-order valence-electron chi connectivity index (χ2n) is 8.97. The molecule has 3 rings (SSSR count). The van der Waals surface area contributed by atoms with Gasteiger partial charge in [0.25, 0.3) is 5.91 Å². The first-order valence-electron chi connectivity index (χ1n) is 11.7. The largest absolute Gasteiger partial charge is 0.503 e. The maximum absolute atomic E-state index is 13.8. The van der Waals surface area contributed by atoms with Crippen LogP contribution in [0, 0.1) is 18.7 Å². The maximum atomic E-state index is 13.8. The number of amides is 1. The van der Waals surface area contributed by atoms with E-state index in [1.165, 1.54) is 44.9 Å². The van der Waals surface area contributed by atoms with Gasteiger partial charge in [-0.25, -0.2) is 14.2 Å². The van der Waals surface area contributed by atoms with E-state index in [4.69, 9.17) is 9.47 Å². The van der Waals surface area contributed by atoms with Crippen LogP contribution in [0.2, 0.25) is 0 Å². The molecule has 2 aromatic rings. The van der Waals surface area contributed by atoms with E-state index in [-0.39, 0.29) is 23.2 Å². The van der Waals surface area contributed by atoms with Gasteiger partial charge in [0.2, 0.25) is 0 Å². The van der Waals surface area contributed by atoms with Gasteiger partial charge in [-0.15, -0.1) is 0 Å². The zero-order chi connectivity index (χ0) is 24.8. The average molecular weight is 473 g/mol. The van der Waals surface area contributed by atoms with Gasteiger partial charge in [-0.1, -0.05) is 25.3 Å². The molecule has 34 heavy (non-hydrogen) atoms. The molecule has 1 amide bonds. The molecule has 0 unspecified atom stereocenters. The maximum Gasteiger partial charge on any atom is 0.328 e. The van der Waals surface area contributed by atoms with Crippen LogP contribution in [0.15, 0.2) is 30.5 Å². The predicted molar refractivity (Wildman–Crippen MR) is 125 cm³/mol. The second-order valence-corrected chi connectivity index (χ2v) is 8.97. The first-order chi connectivity index (χ1) is 16.2. The molecule has 1 aromatic carbocycles. The standard InChI is InChI=1S/C26H33FN2O5/c1-15-14-19(27)10-11-20(15)22(18-8-6-5-7-9-18)17(3)34-26(32)16(2)29-25(31)23-24(30)21(33-4)12-13-28-23/h10-14,16-18,22,30H,5-9H2,1-4H3,(H,29,31)/t16-,17+,22-/m0/s1. The minimum absolute atomic E-state index is 0.0724. The molecule has 0 aliphatic heterocycles. The quantitative estimate of drug-likeness (QED) is 0.543. The van der Waals surface area contributed by atoms with Gasteiger partial charge in [0, 0.05) is 18.2 Å². The number of hydrogen-bond acceptors (Lipinski definition) is 6. The number of carbonyl (C=O) groups is 2. The summed E-state index contributed by atoms with van der Waals surface area (Å²) in [5, 5.41) is 12.7. The molecule has 184 valence electrons. The molecular formula is C26H33FN2O5. The summed E-state index contributed by atoms with van der Waals surface area (Å²) >= 11 is 0. The van der Waals surface area contributed by atoms with Gasteiger partial charge < -0.3 is 19.9 Å². The monoisotopic (exact) mass is 472 g/mol. The van der Waals surface area contributed by atoms with Crippen LogP contribution in [0.25, 0.3) is 0 Å². The molecular weight excluding hydrogens is 439 g/mol. The Hall–Kier alpha value is -3.16. The molecule has 8 heteroatoms. The third-order valence-corrected chi connectivity index (χ3v) is 6.58. The Bertz CT molecular complexity index is 1020. The van der Waals surface area contributed by atoms with E-state index in [2.05, 4.69) is 10.3 Å². The van der Waals surface area contributed by atoms with Crippen molar-refractivity contribution in [2.45, 2.75) is 70.9 Å². The first-order valence-corrected chi connectivity index (χ1v) is 11.7. The van der Waals surface area contributed by atoms with Crippen molar-refractivity contribution in [1.82, 2.24) is 10.3 Å². The van der Waals surface area contributed by atoms with Gasteiger partial charge in [-0.05, 0) is 62.8 Å². The number of methoxy groups -OCH3 is 1. The van der Waals surface area contributed by atoms with Crippen LogP contribution in [0.3, 0.4) is 0 Å². The number of aromatic hydroxyl groups is 1. The van der Waals surface area contributed by atoms with Gasteiger partial charge in [-0.2, -0.15) is 0 Å². The van der Waals surface area contributed by atoms with Gasteiger partial charge in [0.1, 0.15) is 18.0 Å². The fourth-order valence-electron chi connectivity index (χ4n) is 4.85. The minimum Gasteiger partial charge on any atom is -0.503 e. The highest BCUT2D eigenvalue weighted by molar-refractivity contribution is 5.97. The van der Waals surface area contributed by atoms with Crippen molar-refractivity contribution in [1.29, 1.82) is 0 Å². The number of benzene rings is 1. The Morgan fingerprint density at radius 2 is 1.88 bits per heavy atom. The zero-order valence-corrected chi connectivity index (χ0v) is 20.1. The number of rotatable bonds is 8. The van der Waals surface area contributed by atoms with Crippen molar-refractivity contribution in [2.75, 3.05) is 7.11 Å². The lowest BCUT2D eigenvalue weighted by Gasteiger charge is -2.35. The summed E-state index contributed by atoms with van der Waals surface area (Å²) in [5.41, 5.74) is 1.57. The molecule has 0 spiro atoms. The van der Waals surface area contributed by atoms with Crippen molar-refractivity contribution >= 4 is 11.9 Å². The van der Waals surface area contributed by atoms with Crippen molar-refractivity contribution < 1.29 is 28.6 Å². The number of nitrogens with one attached hydrogen (secondary N) is 1. The van der Waals surface area contributed by atoms with Gasteiger partial charge in [0.15, 0.2) is 17.2 Å². The lowest BCUT2D eigenvalue weighted by Crippen LogP contribution is -2.42. The molecule has 1 aliphatic carbocycles. The number of halogens is 1. The van der Waals surface area contributed by atoms with E-state index < -0.39 is 29.8 Å². The van der Waals surface area contributed by atoms with Crippen LogP contribution >= 0.6 is 0 Å². The van der Waals surface area contributed by atoms with Crippen molar-refractivity contribution in [3.8, 4) is 11.5 Å². The van der Waals surface area contributed by atoms with Crippen molar-refractivity contribution in [3.63, 3.8) is 0 Å². The summed E-state index contributed by atoms with van der Waals surface area (Å²) in [6.07, 6.45) is 6.33. The van der Waals surface area contributed by atoms with Gasteiger partial charge in [0.05, 0.1) is 7.11 Å². The summed E-state index contributed by atoms with van der Waals surface area (Å²) in [6, 6.07) is 5.20. The minimum atomic E-state index is -0.969. The van der Waals surface area contributed by atoms with Crippen LogP contribution in [-0.2, 0) is 9.53 Å². The molecule has 0 radical (unpaired) electrons. The smallest absolute Gasteiger partial charge is 0.328 e. The molecule has 3 atom stereocenters. The molecule has 1 heterocycles. The normalized spacial score (nSPS) is 16.9. The van der Waals surface area contributed by atoms with Crippen LogP contribution < -0.4 is 10.1 Å². The Morgan fingerprint density at radius 3 is 2.53 bits per heavy atom. The first kappa shape index (κ1) is 25.5. The highest BCUT2D eigenvalue weighted by atomic mass is 19.1. The fourth-order valence-corrected chi connectivity index (χ4v) is 4.85. The van der Waals surface area contributed by atoms with Gasteiger partial charge in [-0.3, -0.25) is 4.79 Å². The fraction of sp³-hybridized carbons (Fsp3) is 0.500. The number of aromatic nitrogens is 1. The van der Waals surface area contributed by atoms with E-state index in [1.54, 1.807) is 6.07 Å². The third-order valence-electron chi connectivity index (χ3n) is 6.58. The van der Waals surface area contributed by atoms with E-state index in [0.29, 0.717) is 5.92 Å². The van der Waals surface area contributed by atoms with Crippen LogP contribution in [0.1, 0.15) is 73.5 Å². The second kappa shape index (κ2) is 11.3. The van der Waals surface area contributed by atoms with Crippen molar-refractivity contribution in [2.24, 2.45) is 5.92 Å². The molecule has 7 nitrogen and oxygen atoms in total. The summed E-state index contributed by atoms with van der Waals surface area (Å²) in [7, 11) is 1.36. The van der Waals surface area contributed by atoms with E-state index in [1.807, 2.05) is 13.8 Å². The SMILES string of the molecule is COc1ccnc(C(=O)N[C@@H](C)C(=O)O[C@H](C)[C@H](c2ccc(F)cc2C)C2CCCCC2)c1O. The summed E-state index contributed by atoms with van der Waals surface area (Å²) in [4.78, 5) is 29.3. The molecule has 1 aromatic heterocycles. The highest BCUT2D eigenvalue weighted by Gasteiger charge is 2.34. The number of hydrogen-bond donors (Lipinski definition) is 2. The van der Waals surface area contributed by atoms with E-state index in [9.17, 15) is 19.1 Å². The third kappa shape index (κ3) is 5.85. The Kier molecular flexibility index (Phi) is 8.47. The van der Waals surface area contributed by atoms with E-state index in [0.717, 1.165) is 36.8 Å². The lowest BCUT2D eigenvalue weighted by atomic mass is 9.73. The number of esters is 1. The topological polar surface area (TPSA) is 97.8 Å². The predicted octanol–water partition coefficient (Wildman–Crippen LogP) is 4.66. The number of carbonyl (C=O) groups excluding carboxylic acids is 2. The Balaban J connectivity index is 1.73. The Labute approximate surface area is 199 Å². The number of nitrogens with zero attached hydrogens (tertiary/aromatic N) is 1. The van der Waals surface area contributed by atoms with Crippen LogP contribution in [-0.4, -0.2) is 41.2 Å². The molecule has 2 N–H and O–H groups in total. The van der Waals surface area contributed by atoms with Crippen LogP contribution in [0.5, 0.6) is 11.5 Å². The number of aryl methyl sites for hydroxylation is 1. The van der Waals surface area contributed by atoms with Crippen LogP contribution in [0.4, 0.5) is 4.39 Å². The lowest BCUT2D eigenvalue weighted by molar-refractivity contribution is -0.152. The summed E-state index contributed by atoms with van der Waals surface area (Å²) in [6.45, 7) is 5.24. The number of pyridine rings is 1. The Morgan fingerprint density at radius 1 is 1.18 bits per heavy atom. The molecule has 1 fully saturated rings. The molecule has 1 saturated carbocycles. The van der Waals surface area contributed by atoms with Gasteiger partial charge >= 0.3 is 5.97 Å². The molecule has 1 aliphatic rings. The van der Waals surface area contributed by atoms with E-state index >= 15 is 0 Å². The zero-order valence-electron chi connectivity index (χ0n) is 20.1. The molecule has 0 bridgehead atoms. The average Bonchev–Trinajstić information content (AvgIpc) is 2.81. The summed E-state index contributed by atoms with van der Waals surface area (Å²) in [5.74, 6) is -1.65. The number of ether oxygens (including phenoxy) is 2. The molecule has 0 saturated heterocycles. The summed E-state index contributed by atoms with van der Waals surface area (Å²) < 4.78 is 24.6.